The molecule has 6 nitrogen and oxygen atoms in total. The molecule has 7 heteroatoms. The quantitative estimate of drug-likeness (QED) is 0.635. The molecule has 3 aromatic rings. The summed E-state index contributed by atoms with van der Waals surface area (Å²) in [5.41, 5.74) is 1.93. The van der Waals surface area contributed by atoms with Crippen LogP contribution < -0.4 is 14.8 Å². The van der Waals surface area contributed by atoms with E-state index in [-0.39, 0.29) is 0 Å². The minimum absolute atomic E-state index is 0.502. The predicted octanol–water partition coefficient (Wildman–Crippen LogP) is 3.86. The third kappa shape index (κ3) is 3.80. The second kappa shape index (κ2) is 7.74. The van der Waals surface area contributed by atoms with Crippen molar-refractivity contribution < 1.29 is 9.47 Å². The van der Waals surface area contributed by atoms with E-state index in [9.17, 15) is 0 Å². The Bertz CT molecular complexity index is 807. The van der Waals surface area contributed by atoms with Crippen LogP contribution >= 0.6 is 11.8 Å². The highest BCUT2D eigenvalue weighted by atomic mass is 32.2. The standard InChI is InChI=1S/C17H18N4O2S/c1-22-14-9-5-3-7-12(14)11-24-17-19-16(20-21-17)18-13-8-4-6-10-15(13)23-2/h3-10H,11H2,1-2H3,(H2,18,19,20,21). The van der Waals surface area contributed by atoms with Gasteiger partial charge in [-0.25, -0.2) is 0 Å². The van der Waals surface area contributed by atoms with Crippen LogP contribution in [0.2, 0.25) is 0 Å². The number of ether oxygens (including phenoxy) is 2. The van der Waals surface area contributed by atoms with Crippen LogP contribution in [0, 0.1) is 0 Å². The average molecular weight is 342 g/mol. The molecule has 124 valence electrons. The monoisotopic (exact) mass is 342 g/mol. The first kappa shape index (κ1) is 16.2. The van der Waals surface area contributed by atoms with Gasteiger partial charge in [0, 0.05) is 11.3 Å². The first-order valence-electron chi connectivity index (χ1n) is 7.37. The summed E-state index contributed by atoms with van der Waals surface area (Å²) in [7, 11) is 3.31. The molecule has 1 aromatic heterocycles. The van der Waals surface area contributed by atoms with Gasteiger partial charge in [-0.2, -0.15) is 4.98 Å². The van der Waals surface area contributed by atoms with Crippen molar-refractivity contribution in [2.45, 2.75) is 10.9 Å². The van der Waals surface area contributed by atoms with Crippen LogP contribution in [0.1, 0.15) is 5.56 Å². The summed E-state index contributed by atoms with van der Waals surface area (Å²) in [6.45, 7) is 0. The number of hydrogen-bond acceptors (Lipinski definition) is 6. The summed E-state index contributed by atoms with van der Waals surface area (Å²) in [6.07, 6.45) is 0. The second-order valence-corrected chi connectivity index (χ2v) is 5.85. The van der Waals surface area contributed by atoms with Crippen molar-refractivity contribution in [2.24, 2.45) is 0 Å². The van der Waals surface area contributed by atoms with Crippen LogP contribution in [0.15, 0.2) is 53.7 Å². The molecule has 0 unspecified atom stereocenters. The fourth-order valence-electron chi connectivity index (χ4n) is 2.20. The normalized spacial score (nSPS) is 10.4. The number of benzene rings is 2. The van der Waals surface area contributed by atoms with Gasteiger partial charge in [0.2, 0.25) is 5.95 Å². The molecule has 0 fully saturated rings. The lowest BCUT2D eigenvalue weighted by Gasteiger charge is -2.07. The van der Waals surface area contributed by atoms with E-state index in [0.717, 1.165) is 33.7 Å². The first-order chi connectivity index (χ1) is 11.8. The van der Waals surface area contributed by atoms with Crippen LogP contribution in [-0.2, 0) is 5.75 Å². The molecule has 1 heterocycles. The van der Waals surface area contributed by atoms with Gasteiger partial charge < -0.3 is 14.8 Å². The zero-order valence-electron chi connectivity index (χ0n) is 13.4. The Kier molecular flexibility index (Phi) is 5.22. The number of thioether (sulfide) groups is 1. The SMILES string of the molecule is COc1ccccc1CSc1nc(Nc2ccccc2OC)n[nH]1. The molecule has 2 N–H and O–H groups in total. The van der Waals surface area contributed by atoms with E-state index in [2.05, 4.69) is 20.5 Å². The highest BCUT2D eigenvalue weighted by Crippen LogP contribution is 2.28. The molecule has 0 amide bonds. The van der Waals surface area contributed by atoms with Crippen molar-refractivity contribution in [3.63, 3.8) is 0 Å². The van der Waals surface area contributed by atoms with Crippen LogP contribution in [0.4, 0.5) is 11.6 Å². The van der Waals surface area contributed by atoms with E-state index >= 15 is 0 Å². The van der Waals surface area contributed by atoms with E-state index in [1.807, 2.05) is 48.5 Å². The predicted molar refractivity (Wildman–Crippen MR) is 95.2 cm³/mol. The molecule has 2 aromatic carbocycles. The van der Waals surface area contributed by atoms with E-state index < -0.39 is 0 Å². The van der Waals surface area contributed by atoms with E-state index in [1.54, 1.807) is 26.0 Å². The smallest absolute Gasteiger partial charge is 0.247 e. The average Bonchev–Trinajstić information content (AvgIpc) is 3.08. The molecule has 0 bridgehead atoms. The Morgan fingerprint density at radius 3 is 2.50 bits per heavy atom. The summed E-state index contributed by atoms with van der Waals surface area (Å²) >= 11 is 1.56. The van der Waals surface area contributed by atoms with Crippen LogP contribution in [0.25, 0.3) is 0 Å². The van der Waals surface area contributed by atoms with E-state index in [1.165, 1.54) is 0 Å². The van der Waals surface area contributed by atoms with Gasteiger partial charge in [-0.3, -0.25) is 5.10 Å². The molecule has 0 aliphatic heterocycles. The summed E-state index contributed by atoms with van der Waals surface area (Å²) in [5, 5.41) is 11.0. The van der Waals surface area contributed by atoms with Gasteiger partial charge >= 0.3 is 0 Å². The number of methoxy groups -OCH3 is 2. The number of para-hydroxylation sites is 3. The lowest BCUT2D eigenvalue weighted by atomic mass is 10.2. The molecule has 3 rings (SSSR count). The number of rotatable bonds is 7. The zero-order chi connectivity index (χ0) is 16.8. The largest absolute Gasteiger partial charge is 0.496 e. The summed E-state index contributed by atoms with van der Waals surface area (Å²) < 4.78 is 10.7. The second-order valence-electron chi connectivity index (χ2n) is 4.89. The van der Waals surface area contributed by atoms with Gasteiger partial charge in [0.15, 0.2) is 5.16 Å². The molecule has 0 saturated heterocycles. The van der Waals surface area contributed by atoms with Gasteiger partial charge in [0.1, 0.15) is 11.5 Å². The summed E-state index contributed by atoms with van der Waals surface area (Å²) in [6, 6.07) is 15.6. The van der Waals surface area contributed by atoms with Crippen LogP contribution in [0.3, 0.4) is 0 Å². The van der Waals surface area contributed by atoms with Crippen molar-refractivity contribution in [3.05, 3.63) is 54.1 Å². The lowest BCUT2D eigenvalue weighted by Crippen LogP contribution is -1.95. The molecule has 0 radical (unpaired) electrons. The Morgan fingerprint density at radius 1 is 1.00 bits per heavy atom. The maximum absolute atomic E-state index is 5.36. The molecular weight excluding hydrogens is 324 g/mol. The highest BCUT2D eigenvalue weighted by Gasteiger charge is 2.09. The molecule has 0 aliphatic rings. The maximum atomic E-state index is 5.36. The lowest BCUT2D eigenvalue weighted by molar-refractivity contribution is 0.411. The molecule has 0 spiro atoms. The number of aromatic amines is 1. The fourth-order valence-corrected chi connectivity index (χ4v) is 3.00. The topological polar surface area (TPSA) is 72.1 Å². The maximum Gasteiger partial charge on any atom is 0.247 e. The summed E-state index contributed by atoms with van der Waals surface area (Å²) in [4.78, 5) is 4.44. The highest BCUT2D eigenvalue weighted by molar-refractivity contribution is 7.98. The van der Waals surface area contributed by atoms with Gasteiger partial charge in [-0.1, -0.05) is 42.1 Å². The number of aromatic nitrogens is 3. The van der Waals surface area contributed by atoms with Crippen molar-refractivity contribution in [2.75, 3.05) is 19.5 Å². The van der Waals surface area contributed by atoms with Crippen molar-refractivity contribution >= 4 is 23.4 Å². The van der Waals surface area contributed by atoms with Crippen LogP contribution in [0.5, 0.6) is 11.5 Å². The third-order valence-electron chi connectivity index (χ3n) is 3.38. The molecular formula is C17H18N4O2S. The number of nitrogens with one attached hydrogen (secondary N) is 2. The van der Waals surface area contributed by atoms with Crippen molar-refractivity contribution in [3.8, 4) is 11.5 Å². The third-order valence-corrected chi connectivity index (χ3v) is 4.29. The number of anilines is 2. The molecule has 0 atom stereocenters. The Labute approximate surface area is 144 Å². The minimum atomic E-state index is 0.502. The number of H-pyrrole nitrogens is 1. The Balaban J connectivity index is 1.65. The van der Waals surface area contributed by atoms with Gasteiger partial charge in [-0.15, -0.1) is 5.10 Å². The van der Waals surface area contributed by atoms with Gasteiger partial charge in [0.05, 0.1) is 19.9 Å². The van der Waals surface area contributed by atoms with Crippen LogP contribution in [-0.4, -0.2) is 29.4 Å². The summed E-state index contributed by atoms with van der Waals surface area (Å²) in [5.74, 6) is 2.86. The number of nitrogens with zero attached hydrogens (tertiary/aromatic N) is 2. The first-order valence-corrected chi connectivity index (χ1v) is 8.36. The van der Waals surface area contributed by atoms with Crippen molar-refractivity contribution in [1.82, 2.24) is 15.2 Å². The molecule has 0 aliphatic carbocycles. The number of hydrogen-bond donors (Lipinski definition) is 2. The molecule has 0 saturated carbocycles. The van der Waals surface area contributed by atoms with Gasteiger partial charge in [-0.05, 0) is 18.2 Å². The Morgan fingerprint density at radius 2 is 1.71 bits per heavy atom. The Hall–Kier alpha value is -2.67. The zero-order valence-corrected chi connectivity index (χ0v) is 14.3. The fraction of sp³-hybridized carbons (Fsp3) is 0.176. The van der Waals surface area contributed by atoms with E-state index in [0.29, 0.717) is 5.95 Å². The van der Waals surface area contributed by atoms with E-state index in [4.69, 9.17) is 9.47 Å². The van der Waals surface area contributed by atoms with Gasteiger partial charge in [0.25, 0.3) is 0 Å². The minimum Gasteiger partial charge on any atom is -0.496 e. The molecule has 24 heavy (non-hydrogen) atoms. The van der Waals surface area contributed by atoms with Crippen molar-refractivity contribution in [1.29, 1.82) is 0 Å².